The van der Waals surface area contributed by atoms with Crippen LogP contribution >= 0.6 is 11.6 Å². The lowest BCUT2D eigenvalue weighted by Gasteiger charge is -2.12. The molecule has 4 rings (SSSR count). The number of nitro groups is 1. The lowest BCUT2D eigenvalue weighted by molar-refractivity contribution is -0.385. The first kappa shape index (κ1) is 18.6. The minimum Gasteiger partial charge on any atom is -0.431 e. The summed E-state index contributed by atoms with van der Waals surface area (Å²) in [5.74, 6) is 0.165. The highest BCUT2D eigenvalue weighted by atomic mass is 35.5. The van der Waals surface area contributed by atoms with Crippen LogP contribution in [0.1, 0.15) is 5.56 Å². The summed E-state index contributed by atoms with van der Waals surface area (Å²) in [6, 6.07) is 14.2. The number of nitrogens with one attached hydrogen (secondary N) is 1. The fourth-order valence-corrected chi connectivity index (χ4v) is 3.00. The third-order valence-corrected chi connectivity index (χ3v) is 4.70. The third-order valence-electron chi connectivity index (χ3n) is 4.29. The van der Waals surface area contributed by atoms with Crippen LogP contribution in [-0.2, 0) is 0 Å². The zero-order valence-corrected chi connectivity index (χ0v) is 15.9. The van der Waals surface area contributed by atoms with Crippen LogP contribution in [0.15, 0.2) is 61.1 Å². The summed E-state index contributed by atoms with van der Waals surface area (Å²) >= 11 is 6.14. The van der Waals surface area contributed by atoms with Gasteiger partial charge in [0, 0.05) is 22.3 Å². The zero-order chi connectivity index (χ0) is 20.4. The standard InChI is InChI=1S/C20H14ClN5O3/c1-12-14(21)7-3-8-15(12)25-19-18(26(27)28)20(24-11-23-19)29-16-9-2-5-13-6-4-10-22-17(13)16/h2-11H,1H3,(H,23,24,25). The summed E-state index contributed by atoms with van der Waals surface area (Å²) in [5, 5.41) is 16.1. The highest BCUT2D eigenvalue weighted by molar-refractivity contribution is 6.31. The molecule has 2 aromatic carbocycles. The molecule has 1 N–H and O–H groups in total. The van der Waals surface area contributed by atoms with Gasteiger partial charge in [0.2, 0.25) is 5.82 Å². The monoisotopic (exact) mass is 407 g/mol. The van der Waals surface area contributed by atoms with E-state index in [4.69, 9.17) is 16.3 Å². The maximum absolute atomic E-state index is 11.8. The molecule has 0 atom stereocenters. The summed E-state index contributed by atoms with van der Waals surface area (Å²) in [5.41, 5.74) is 1.52. The minimum absolute atomic E-state index is 0.00133. The zero-order valence-electron chi connectivity index (χ0n) is 15.2. The van der Waals surface area contributed by atoms with Crippen LogP contribution in [-0.4, -0.2) is 19.9 Å². The quantitative estimate of drug-likeness (QED) is 0.347. The lowest BCUT2D eigenvalue weighted by Crippen LogP contribution is -2.04. The van der Waals surface area contributed by atoms with E-state index in [1.54, 1.807) is 49.5 Å². The van der Waals surface area contributed by atoms with Gasteiger partial charge in [-0.05, 0) is 36.8 Å². The predicted octanol–water partition coefficient (Wildman–Crippen LogP) is 5.43. The molecule has 2 heterocycles. The van der Waals surface area contributed by atoms with Crippen molar-refractivity contribution in [1.29, 1.82) is 0 Å². The largest absolute Gasteiger partial charge is 0.431 e. The van der Waals surface area contributed by atoms with E-state index < -0.39 is 4.92 Å². The van der Waals surface area contributed by atoms with E-state index in [1.165, 1.54) is 6.33 Å². The van der Waals surface area contributed by atoms with Gasteiger partial charge in [-0.3, -0.25) is 15.1 Å². The van der Waals surface area contributed by atoms with E-state index in [0.29, 0.717) is 22.0 Å². The van der Waals surface area contributed by atoms with Crippen molar-refractivity contribution < 1.29 is 9.66 Å². The first-order valence-electron chi connectivity index (χ1n) is 8.57. The van der Waals surface area contributed by atoms with Gasteiger partial charge in [-0.1, -0.05) is 35.9 Å². The van der Waals surface area contributed by atoms with Crippen molar-refractivity contribution in [2.75, 3.05) is 5.32 Å². The number of para-hydroxylation sites is 1. The molecule has 0 amide bonds. The number of rotatable bonds is 5. The van der Waals surface area contributed by atoms with Gasteiger partial charge >= 0.3 is 11.6 Å². The molecule has 4 aromatic rings. The van der Waals surface area contributed by atoms with Crippen LogP contribution < -0.4 is 10.1 Å². The van der Waals surface area contributed by atoms with E-state index >= 15 is 0 Å². The number of ether oxygens (including phenoxy) is 1. The van der Waals surface area contributed by atoms with Crippen molar-refractivity contribution in [3.8, 4) is 11.6 Å². The maximum Gasteiger partial charge on any atom is 0.373 e. The van der Waals surface area contributed by atoms with E-state index in [2.05, 4.69) is 20.3 Å². The fourth-order valence-electron chi connectivity index (χ4n) is 2.83. The smallest absolute Gasteiger partial charge is 0.373 e. The first-order valence-corrected chi connectivity index (χ1v) is 8.95. The molecule has 0 unspecified atom stereocenters. The molecule has 0 radical (unpaired) electrons. The third kappa shape index (κ3) is 3.65. The second kappa shape index (κ2) is 7.69. The topological polar surface area (TPSA) is 103 Å². The summed E-state index contributed by atoms with van der Waals surface area (Å²) in [4.78, 5) is 23.5. The van der Waals surface area contributed by atoms with Crippen LogP contribution in [0.2, 0.25) is 5.02 Å². The molecule has 0 saturated carbocycles. The molecular formula is C20H14ClN5O3. The first-order chi connectivity index (χ1) is 14.0. The molecule has 0 aliphatic heterocycles. The Morgan fingerprint density at radius 2 is 1.86 bits per heavy atom. The molecule has 2 aromatic heterocycles. The van der Waals surface area contributed by atoms with Gasteiger partial charge < -0.3 is 10.1 Å². The number of halogens is 1. The highest BCUT2D eigenvalue weighted by Gasteiger charge is 2.26. The number of fused-ring (bicyclic) bond motifs is 1. The van der Waals surface area contributed by atoms with Crippen LogP contribution in [0.3, 0.4) is 0 Å². The average Bonchev–Trinajstić information content (AvgIpc) is 2.72. The van der Waals surface area contributed by atoms with Crippen molar-refractivity contribution in [2.24, 2.45) is 0 Å². The normalized spacial score (nSPS) is 10.7. The molecule has 8 nitrogen and oxygen atoms in total. The van der Waals surface area contributed by atoms with Gasteiger partial charge in [0.25, 0.3) is 0 Å². The number of aromatic nitrogens is 3. The summed E-state index contributed by atoms with van der Waals surface area (Å²) in [7, 11) is 0. The Morgan fingerprint density at radius 3 is 2.69 bits per heavy atom. The second-order valence-corrected chi connectivity index (χ2v) is 6.51. The van der Waals surface area contributed by atoms with Gasteiger partial charge in [0.1, 0.15) is 11.8 Å². The molecule has 0 saturated heterocycles. The number of hydrogen-bond donors (Lipinski definition) is 1. The molecule has 29 heavy (non-hydrogen) atoms. The van der Waals surface area contributed by atoms with Crippen molar-refractivity contribution in [3.63, 3.8) is 0 Å². The number of hydrogen-bond acceptors (Lipinski definition) is 7. The Morgan fingerprint density at radius 1 is 1.07 bits per heavy atom. The van der Waals surface area contributed by atoms with Gasteiger partial charge in [0.15, 0.2) is 5.75 Å². The van der Waals surface area contributed by atoms with E-state index in [-0.39, 0.29) is 17.4 Å². The number of anilines is 2. The summed E-state index contributed by atoms with van der Waals surface area (Å²) in [6.07, 6.45) is 2.82. The van der Waals surface area contributed by atoms with E-state index in [1.807, 2.05) is 12.1 Å². The number of pyridine rings is 1. The predicted molar refractivity (Wildman–Crippen MR) is 110 cm³/mol. The highest BCUT2D eigenvalue weighted by Crippen LogP contribution is 2.38. The van der Waals surface area contributed by atoms with Gasteiger partial charge in [0.05, 0.1) is 4.92 Å². The minimum atomic E-state index is -0.587. The summed E-state index contributed by atoms with van der Waals surface area (Å²) in [6.45, 7) is 1.80. The molecular weight excluding hydrogens is 394 g/mol. The van der Waals surface area contributed by atoms with Gasteiger partial charge in [-0.2, -0.15) is 4.98 Å². The molecule has 0 spiro atoms. The lowest BCUT2D eigenvalue weighted by atomic mass is 10.2. The van der Waals surface area contributed by atoms with Crippen molar-refractivity contribution >= 4 is 39.7 Å². The molecule has 0 aliphatic carbocycles. The van der Waals surface area contributed by atoms with Crippen molar-refractivity contribution in [2.45, 2.75) is 6.92 Å². The van der Waals surface area contributed by atoms with Crippen molar-refractivity contribution in [1.82, 2.24) is 15.0 Å². The van der Waals surface area contributed by atoms with Crippen LogP contribution in [0.5, 0.6) is 11.6 Å². The molecule has 9 heteroatoms. The molecule has 0 fully saturated rings. The number of nitrogens with zero attached hydrogens (tertiary/aromatic N) is 4. The Bertz CT molecular complexity index is 1230. The van der Waals surface area contributed by atoms with Crippen LogP contribution in [0.4, 0.5) is 17.2 Å². The number of benzene rings is 2. The van der Waals surface area contributed by atoms with Gasteiger partial charge in [-0.25, -0.2) is 4.98 Å². The Balaban J connectivity index is 1.77. The van der Waals surface area contributed by atoms with Crippen LogP contribution in [0.25, 0.3) is 10.9 Å². The SMILES string of the molecule is Cc1c(Cl)cccc1Nc1ncnc(Oc2cccc3cccnc23)c1[N+](=O)[O-]. The molecule has 0 bridgehead atoms. The molecule has 144 valence electrons. The van der Waals surface area contributed by atoms with E-state index in [0.717, 1.165) is 10.9 Å². The average molecular weight is 408 g/mol. The maximum atomic E-state index is 11.8. The summed E-state index contributed by atoms with van der Waals surface area (Å²) < 4.78 is 5.80. The fraction of sp³-hybridized carbons (Fsp3) is 0.0500. The molecule has 0 aliphatic rings. The Kier molecular flexibility index (Phi) is 4.92. The Hall–Kier alpha value is -3.78. The van der Waals surface area contributed by atoms with Crippen LogP contribution in [0, 0.1) is 17.0 Å². The van der Waals surface area contributed by atoms with E-state index in [9.17, 15) is 10.1 Å². The van der Waals surface area contributed by atoms with Gasteiger partial charge in [-0.15, -0.1) is 0 Å². The second-order valence-electron chi connectivity index (χ2n) is 6.10. The van der Waals surface area contributed by atoms with Crippen molar-refractivity contribution in [3.05, 3.63) is 81.8 Å². The Labute approximate surface area is 170 Å².